The van der Waals surface area contributed by atoms with Gasteiger partial charge in [-0.3, -0.25) is 9.89 Å². The second-order valence-electron chi connectivity index (χ2n) is 5.27. The average Bonchev–Trinajstić information content (AvgIpc) is 2.55. The number of hydrogen-bond acceptors (Lipinski definition) is 4. The Kier molecular flexibility index (Phi) is 8.46. The van der Waals surface area contributed by atoms with Crippen LogP contribution in [0.2, 0.25) is 0 Å². The first-order valence-electron chi connectivity index (χ1n) is 7.66. The Hall–Kier alpha value is -1.22. The minimum Gasteiger partial charge on any atom is -0.497 e. The molecule has 6 nitrogen and oxygen atoms in total. The molecule has 0 spiro atoms. The quantitative estimate of drug-likeness (QED) is 0.435. The van der Waals surface area contributed by atoms with Crippen LogP contribution >= 0.6 is 24.0 Å². The summed E-state index contributed by atoms with van der Waals surface area (Å²) in [5.74, 6) is 2.41. The van der Waals surface area contributed by atoms with Gasteiger partial charge in [-0.1, -0.05) is 0 Å². The van der Waals surface area contributed by atoms with Crippen molar-refractivity contribution in [1.82, 2.24) is 9.80 Å². The van der Waals surface area contributed by atoms with Crippen LogP contribution in [0.25, 0.3) is 0 Å². The summed E-state index contributed by atoms with van der Waals surface area (Å²) in [7, 11) is 3.38. The molecule has 0 bridgehead atoms. The van der Waals surface area contributed by atoms with Crippen molar-refractivity contribution in [2.75, 3.05) is 46.9 Å². The molecule has 1 heterocycles. The number of halogens is 1. The molecule has 2 N–H and O–H groups in total. The summed E-state index contributed by atoms with van der Waals surface area (Å²) in [5, 5.41) is 0. The van der Waals surface area contributed by atoms with Crippen LogP contribution in [0, 0.1) is 0 Å². The molecule has 130 valence electrons. The molecule has 1 aromatic rings. The van der Waals surface area contributed by atoms with Gasteiger partial charge in [-0.05, 0) is 25.1 Å². The summed E-state index contributed by atoms with van der Waals surface area (Å²) in [5.41, 5.74) is 7.11. The number of hydrogen-bond donors (Lipinski definition) is 1. The predicted octanol–water partition coefficient (Wildman–Crippen LogP) is 1.77. The molecule has 7 heteroatoms. The van der Waals surface area contributed by atoms with Crippen molar-refractivity contribution in [2.24, 2.45) is 10.7 Å². The number of aliphatic imine (C=N–C) groups is 1. The minimum atomic E-state index is 0. The van der Waals surface area contributed by atoms with E-state index in [1.165, 1.54) is 0 Å². The van der Waals surface area contributed by atoms with Gasteiger partial charge in [0.25, 0.3) is 0 Å². The van der Waals surface area contributed by atoms with E-state index < -0.39 is 0 Å². The molecule has 1 aliphatic heterocycles. The molecule has 1 aromatic carbocycles. The van der Waals surface area contributed by atoms with E-state index in [0.29, 0.717) is 5.96 Å². The SMILES string of the molecule is CCN=C(N)N1CCN(Cc2cc(OC)ccc2OC)CC1.I. The number of nitrogens with zero attached hydrogens (tertiary/aromatic N) is 3. The highest BCUT2D eigenvalue weighted by Gasteiger charge is 2.19. The van der Waals surface area contributed by atoms with E-state index in [2.05, 4.69) is 14.8 Å². The average molecular weight is 434 g/mol. The third kappa shape index (κ3) is 5.42. The molecule has 1 saturated heterocycles. The summed E-state index contributed by atoms with van der Waals surface area (Å²) >= 11 is 0. The Labute approximate surface area is 155 Å². The van der Waals surface area contributed by atoms with Gasteiger partial charge in [0.05, 0.1) is 14.2 Å². The maximum absolute atomic E-state index is 5.96. The first-order chi connectivity index (χ1) is 10.7. The number of rotatable bonds is 5. The molecular formula is C16H27IN4O2. The first-order valence-corrected chi connectivity index (χ1v) is 7.66. The topological polar surface area (TPSA) is 63.3 Å². The van der Waals surface area contributed by atoms with Gasteiger partial charge in [0.1, 0.15) is 11.5 Å². The zero-order valence-electron chi connectivity index (χ0n) is 14.1. The van der Waals surface area contributed by atoms with Crippen LogP contribution in [-0.2, 0) is 6.54 Å². The number of ether oxygens (including phenoxy) is 2. The lowest BCUT2D eigenvalue weighted by molar-refractivity contribution is 0.172. The normalized spacial score (nSPS) is 16.0. The molecule has 1 aliphatic rings. The number of benzene rings is 1. The second-order valence-corrected chi connectivity index (χ2v) is 5.27. The molecule has 1 fully saturated rings. The van der Waals surface area contributed by atoms with Crippen molar-refractivity contribution in [3.8, 4) is 11.5 Å². The Morgan fingerprint density at radius 2 is 1.87 bits per heavy atom. The van der Waals surface area contributed by atoms with Crippen molar-refractivity contribution < 1.29 is 9.47 Å². The second kappa shape index (κ2) is 9.82. The highest BCUT2D eigenvalue weighted by atomic mass is 127. The van der Waals surface area contributed by atoms with Crippen LogP contribution in [0.5, 0.6) is 11.5 Å². The predicted molar refractivity (Wildman–Crippen MR) is 104 cm³/mol. The summed E-state index contributed by atoms with van der Waals surface area (Å²) < 4.78 is 10.8. The Balaban J connectivity index is 0.00000264. The van der Waals surface area contributed by atoms with Gasteiger partial charge in [-0.15, -0.1) is 24.0 Å². The monoisotopic (exact) mass is 434 g/mol. The summed E-state index contributed by atoms with van der Waals surface area (Å²) in [6.45, 7) is 7.30. The fourth-order valence-corrected chi connectivity index (χ4v) is 2.64. The van der Waals surface area contributed by atoms with Crippen molar-refractivity contribution in [3.05, 3.63) is 23.8 Å². The Bertz CT molecular complexity index is 517. The number of guanidine groups is 1. The standard InChI is InChI=1S/C16H26N4O2.HI/c1-4-18-16(17)20-9-7-19(8-10-20)12-13-11-14(21-2)5-6-15(13)22-3;/h5-6,11H,4,7-10,12H2,1-3H3,(H2,17,18);1H. The Morgan fingerprint density at radius 3 is 2.43 bits per heavy atom. The maximum atomic E-state index is 5.96. The van der Waals surface area contributed by atoms with Crippen LogP contribution in [0.3, 0.4) is 0 Å². The van der Waals surface area contributed by atoms with Crippen LogP contribution < -0.4 is 15.2 Å². The van der Waals surface area contributed by atoms with Gasteiger partial charge in [0.2, 0.25) is 0 Å². The third-order valence-electron chi connectivity index (χ3n) is 3.90. The van der Waals surface area contributed by atoms with Crippen molar-refractivity contribution in [3.63, 3.8) is 0 Å². The highest BCUT2D eigenvalue weighted by Crippen LogP contribution is 2.25. The summed E-state index contributed by atoms with van der Waals surface area (Å²) in [6.07, 6.45) is 0. The lowest BCUT2D eigenvalue weighted by atomic mass is 10.1. The first kappa shape index (κ1) is 19.8. The fraction of sp³-hybridized carbons (Fsp3) is 0.562. The van der Waals surface area contributed by atoms with E-state index in [-0.39, 0.29) is 24.0 Å². The summed E-state index contributed by atoms with van der Waals surface area (Å²) in [4.78, 5) is 8.81. The van der Waals surface area contributed by atoms with Crippen molar-refractivity contribution in [2.45, 2.75) is 13.5 Å². The van der Waals surface area contributed by atoms with E-state index in [0.717, 1.165) is 56.3 Å². The number of methoxy groups -OCH3 is 2. The van der Waals surface area contributed by atoms with E-state index in [1.54, 1.807) is 14.2 Å². The van der Waals surface area contributed by atoms with E-state index in [1.807, 2.05) is 25.1 Å². The van der Waals surface area contributed by atoms with Crippen LogP contribution in [-0.4, -0.2) is 62.7 Å². The number of nitrogens with two attached hydrogens (primary N) is 1. The molecule has 0 radical (unpaired) electrons. The molecular weight excluding hydrogens is 407 g/mol. The van der Waals surface area contributed by atoms with E-state index in [9.17, 15) is 0 Å². The number of piperazine rings is 1. The molecule has 0 aromatic heterocycles. The molecule has 0 amide bonds. The third-order valence-corrected chi connectivity index (χ3v) is 3.90. The zero-order chi connectivity index (χ0) is 15.9. The van der Waals surface area contributed by atoms with E-state index in [4.69, 9.17) is 15.2 Å². The van der Waals surface area contributed by atoms with Crippen LogP contribution in [0.4, 0.5) is 0 Å². The zero-order valence-corrected chi connectivity index (χ0v) is 16.4. The molecule has 0 saturated carbocycles. The molecule has 0 aliphatic carbocycles. The van der Waals surface area contributed by atoms with Crippen molar-refractivity contribution in [1.29, 1.82) is 0 Å². The largest absolute Gasteiger partial charge is 0.497 e. The van der Waals surface area contributed by atoms with Crippen molar-refractivity contribution >= 4 is 29.9 Å². The fourth-order valence-electron chi connectivity index (χ4n) is 2.64. The smallest absolute Gasteiger partial charge is 0.191 e. The van der Waals surface area contributed by atoms with Crippen LogP contribution in [0.1, 0.15) is 12.5 Å². The molecule has 0 unspecified atom stereocenters. The van der Waals surface area contributed by atoms with Gasteiger partial charge >= 0.3 is 0 Å². The van der Waals surface area contributed by atoms with Gasteiger partial charge in [0, 0.05) is 44.8 Å². The van der Waals surface area contributed by atoms with Gasteiger partial charge in [-0.2, -0.15) is 0 Å². The van der Waals surface area contributed by atoms with Gasteiger partial charge < -0.3 is 20.1 Å². The lowest BCUT2D eigenvalue weighted by Gasteiger charge is -2.35. The lowest BCUT2D eigenvalue weighted by Crippen LogP contribution is -2.50. The Morgan fingerprint density at radius 1 is 1.17 bits per heavy atom. The summed E-state index contributed by atoms with van der Waals surface area (Å²) in [6, 6.07) is 5.91. The maximum Gasteiger partial charge on any atom is 0.191 e. The highest BCUT2D eigenvalue weighted by molar-refractivity contribution is 14.0. The van der Waals surface area contributed by atoms with Crippen LogP contribution in [0.15, 0.2) is 23.2 Å². The van der Waals surface area contributed by atoms with Gasteiger partial charge in [0.15, 0.2) is 5.96 Å². The molecule has 23 heavy (non-hydrogen) atoms. The minimum absolute atomic E-state index is 0. The van der Waals surface area contributed by atoms with Gasteiger partial charge in [-0.25, -0.2) is 0 Å². The molecule has 2 rings (SSSR count). The van der Waals surface area contributed by atoms with E-state index >= 15 is 0 Å². The molecule has 0 atom stereocenters.